The molecule has 0 bridgehead atoms. The lowest BCUT2D eigenvalue weighted by atomic mass is 9.78. The largest absolute Gasteiger partial charge is 0.442 e. The summed E-state index contributed by atoms with van der Waals surface area (Å²) in [6, 6.07) is 26.4. The van der Waals surface area contributed by atoms with Crippen LogP contribution in [-0.4, -0.2) is 5.90 Å². The summed E-state index contributed by atoms with van der Waals surface area (Å²) in [5.41, 5.74) is 5.08. The van der Waals surface area contributed by atoms with E-state index in [1.165, 1.54) is 5.56 Å². The van der Waals surface area contributed by atoms with E-state index < -0.39 is 5.92 Å². The minimum Gasteiger partial charge on any atom is -0.442 e. The Morgan fingerprint density at radius 3 is 2.34 bits per heavy atom. The third-order valence-corrected chi connectivity index (χ3v) is 5.35. The van der Waals surface area contributed by atoms with Gasteiger partial charge >= 0.3 is 0 Å². The van der Waals surface area contributed by atoms with Crippen molar-refractivity contribution in [1.29, 1.82) is 10.7 Å². The number of para-hydroxylation sites is 1. The first-order valence-corrected chi connectivity index (χ1v) is 9.78. The molecule has 2 unspecified atom stereocenters. The Morgan fingerprint density at radius 1 is 0.966 bits per heavy atom. The first-order valence-electron chi connectivity index (χ1n) is 9.78. The predicted molar refractivity (Wildman–Crippen MR) is 116 cm³/mol. The average Bonchev–Trinajstić information content (AvgIpc) is 2.73. The van der Waals surface area contributed by atoms with E-state index >= 15 is 0 Å². The van der Waals surface area contributed by atoms with Crippen molar-refractivity contribution < 1.29 is 4.74 Å². The van der Waals surface area contributed by atoms with Gasteiger partial charge in [-0.15, -0.1) is 0 Å². The summed E-state index contributed by atoms with van der Waals surface area (Å²) in [6.07, 6.45) is 0. The summed E-state index contributed by atoms with van der Waals surface area (Å²) >= 11 is 0. The highest BCUT2D eigenvalue weighted by Gasteiger charge is 2.36. The summed E-state index contributed by atoms with van der Waals surface area (Å²) in [4.78, 5) is 0. The summed E-state index contributed by atoms with van der Waals surface area (Å²) in [5.74, 6) is 0.210. The Kier molecular flexibility index (Phi) is 5.05. The monoisotopic (exact) mass is 381 g/mol. The van der Waals surface area contributed by atoms with Crippen LogP contribution in [0.1, 0.15) is 42.4 Å². The standard InChI is InChI=1S/C25H23N3O/c1-16(2)17-8-10-18(11-9-17)24-21-13-12-20(28-19-6-4-3-5-7-19)14-23(21)29-25(27)22(24)15-26/h3-14,16,22,24,27-28H,1-2H3. The first-order chi connectivity index (χ1) is 14.1. The van der Waals surface area contributed by atoms with Gasteiger partial charge in [0, 0.05) is 28.9 Å². The Morgan fingerprint density at radius 2 is 1.69 bits per heavy atom. The predicted octanol–water partition coefficient (Wildman–Crippen LogP) is 6.19. The summed E-state index contributed by atoms with van der Waals surface area (Å²) in [5, 5.41) is 21.4. The molecule has 144 valence electrons. The number of ether oxygens (including phenoxy) is 1. The normalized spacial score (nSPS) is 17.9. The van der Waals surface area contributed by atoms with Crippen LogP contribution < -0.4 is 10.1 Å². The van der Waals surface area contributed by atoms with Crippen molar-refractivity contribution in [1.82, 2.24) is 0 Å². The van der Waals surface area contributed by atoms with E-state index in [1.54, 1.807) is 0 Å². The molecule has 0 fully saturated rings. The quantitative estimate of drug-likeness (QED) is 0.566. The molecule has 1 heterocycles. The summed E-state index contributed by atoms with van der Waals surface area (Å²) in [7, 11) is 0. The maximum absolute atomic E-state index is 9.73. The van der Waals surface area contributed by atoms with Gasteiger partial charge < -0.3 is 10.1 Å². The van der Waals surface area contributed by atoms with Gasteiger partial charge in [0.05, 0.1) is 6.07 Å². The molecule has 2 atom stereocenters. The number of hydrogen-bond acceptors (Lipinski definition) is 4. The number of rotatable bonds is 4. The number of fused-ring (bicyclic) bond motifs is 1. The van der Waals surface area contributed by atoms with Gasteiger partial charge in [-0.05, 0) is 35.2 Å². The zero-order chi connectivity index (χ0) is 20.4. The van der Waals surface area contributed by atoms with Crippen molar-refractivity contribution in [2.45, 2.75) is 25.7 Å². The van der Waals surface area contributed by atoms with Crippen LogP contribution in [0.4, 0.5) is 11.4 Å². The lowest BCUT2D eigenvalue weighted by Gasteiger charge is -2.31. The Bertz CT molecular complexity index is 1070. The molecule has 4 nitrogen and oxygen atoms in total. The van der Waals surface area contributed by atoms with Crippen molar-refractivity contribution >= 4 is 17.3 Å². The number of hydrogen-bond donors (Lipinski definition) is 2. The van der Waals surface area contributed by atoms with Crippen molar-refractivity contribution in [3.8, 4) is 11.8 Å². The Balaban J connectivity index is 1.72. The van der Waals surface area contributed by atoms with E-state index in [4.69, 9.17) is 10.1 Å². The van der Waals surface area contributed by atoms with Crippen LogP contribution in [0.25, 0.3) is 0 Å². The number of nitriles is 1. The molecule has 0 saturated carbocycles. The number of anilines is 2. The third kappa shape index (κ3) is 3.72. The molecule has 0 saturated heterocycles. The van der Waals surface area contributed by atoms with E-state index in [9.17, 15) is 5.26 Å². The second-order valence-corrected chi connectivity index (χ2v) is 7.62. The van der Waals surface area contributed by atoms with Gasteiger partial charge in [0.15, 0.2) is 0 Å². The fourth-order valence-electron chi connectivity index (χ4n) is 3.75. The molecule has 3 aromatic carbocycles. The molecule has 2 N–H and O–H groups in total. The fourth-order valence-corrected chi connectivity index (χ4v) is 3.75. The minimum atomic E-state index is -0.639. The molecular formula is C25H23N3O. The number of nitrogens with zero attached hydrogens (tertiary/aromatic N) is 1. The number of benzene rings is 3. The molecule has 0 radical (unpaired) electrons. The maximum atomic E-state index is 9.73. The molecule has 1 aliphatic heterocycles. The van der Waals surface area contributed by atoms with Gasteiger partial charge in [0.1, 0.15) is 11.7 Å². The van der Waals surface area contributed by atoms with Crippen molar-refractivity contribution in [3.05, 3.63) is 89.5 Å². The van der Waals surface area contributed by atoms with E-state index in [2.05, 4.69) is 49.5 Å². The second kappa shape index (κ2) is 7.81. The topological polar surface area (TPSA) is 68.9 Å². The number of nitrogens with one attached hydrogen (secondary N) is 2. The van der Waals surface area contributed by atoms with Gasteiger partial charge in [-0.25, -0.2) is 0 Å². The smallest absolute Gasteiger partial charge is 0.205 e. The van der Waals surface area contributed by atoms with Crippen LogP contribution in [0.3, 0.4) is 0 Å². The first kappa shape index (κ1) is 18.8. The van der Waals surface area contributed by atoms with Crippen molar-refractivity contribution in [3.63, 3.8) is 0 Å². The highest BCUT2D eigenvalue weighted by molar-refractivity contribution is 5.85. The molecule has 0 amide bonds. The fraction of sp³-hybridized carbons (Fsp3) is 0.200. The zero-order valence-corrected chi connectivity index (χ0v) is 16.5. The summed E-state index contributed by atoms with van der Waals surface area (Å²) < 4.78 is 5.75. The molecule has 0 aromatic heterocycles. The molecule has 29 heavy (non-hydrogen) atoms. The van der Waals surface area contributed by atoms with E-state index in [0.29, 0.717) is 11.7 Å². The summed E-state index contributed by atoms with van der Waals surface area (Å²) in [6.45, 7) is 4.32. The van der Waals surface area contributed by atoms with Crippen LogP contribution in [0.15, 0.2) is 72.8 Å². The van der Waals surface area contributed by atoms with Crippen LogP contribution in [0.2, 0.25) is 0 Å². The molecule has 0 spiro atoms. The second-order valence-electron chi connectivity index (χ2n) is 7.62. The highest BCUT2D eigenvalue weighted by Crippen LogP contribution is 2.43. The Hall–Kier alpha value is -3.58. The van der Waals surface area contributed by atoms with Crippen LogP contribution >= 0.6 is 0 Å². The zero-order valence-electron chi connectivity index (χ0n) is 16.5. The molecule has 4 rings (SSSR count). The lowest BCUT2D eigenvalue weighted by Crippen LogP contribution is -2.31. The molecule has 3 aromatic rings. The van der Waals surface area contributed by atoms with Crippen molar-refractivity contribution in [2.75, 3.05) is 5.32 Å². The third-order valence-electron chi connectivity index (χ3n) is 5.35. The van der Waals surface area contributed by atoms with Gasteiger partial charge in [0.25, 0.3) is 0 Å². The molecule has 0 aliphatic carbocycles. The van der Waals surface area contributed by atoms with Gasteiger partial charge in [-0.3, -0.25) is 5.41 Å². The minimum absolute atomic E-state index is 0.00482. The molecular weight excluding hydrogens is 358 g/mol. The lowest BCUT2D eigenvalue weighted by molar-refractivity contribution is 0.450. The maximum Gasteiger partial charge on any atom is 0.205 e. The van der Waals surface area contributed by atoms with Crippen LogP contribution in [0.5, 0.6) is 5.75 Å². The highest BCUT2D eigenvalue weighted by atomic mass is 16.5. The van der Waals surface area contributed by atoms with Gasteiger partial charge in [-0.1, -0.05) is 62.4 Å². The van der Waals surface area contributed by atoms with Crippen LogP contribution in [-0.2, 0) is 0 Å². The molecule has 1 aliphatic rings. The Labute approximate surface area is 171 Å². The average molecular weight is 381 g/mol. The van der Waals surface area contributed by atoms with Crippen LogP contribution in [0, 0.1) is 22.7 Å². The van der Waals surface area contributed by atoms with Crippen molar-refractivity contribution in [2.24, 2.45) is 5.92 Å². The van der Waals surface area contributed by atoms with E-state index in [0.717, 1.165) is 22.5 Å². The van der Waals surface area contributed by atoms with Gasteiger partial charge in [-0.2, -0.15) is 5.26 Å². The molecule has 4 heteroatoms. The SMILES string of the molecule is CC(C)c1ccc(C2c3ccc(Nc4ccccc4)cc3OC(=N)C2C#N)cc1. The van der Waals surface area contributed by atoms with Gasteiger partial charge in [0.2, 0.25) is 5.90 Å². The van der Waals surface area contributed by atoms with E-state index in [-0.39, 0.29) is 11.8 Å². The van der Waals surface area contributed by atoms with E-state index in [1.807, 2.05) is 48.5 Å².